The van der Waals surface area contributed by atoms with Crippen LogP contribution in [0.5, 0.6) is 0 Å². The Balaban J connectivity index is 1.78. The summed E-state index contributed by atoms with van der Waals surface area (Å²) in [5, 5.41) is 2.61. The summed E-state index contributed by atoms with van der Waals surface area (Å²) in [6.07, 6.45) is 0. The molecule has 1 N–H and O–H groups in total. The molecule has 3 rings (SSSR count). The molecule has 22 heavy (non-hydrogen) atoms. The Morgan fingerprint density at radius 2 is 2.09 bits per heavy atom. The Hall–Kier alpha value is -2.44. The van der Waals surface area contributed by atoms with Crippen molar-refractivity contribution in [3.8, 4) is 0 Å². The summed E-state index contributed by atoms with van der Waals surface area (Å²) in [5.74, 6) is -1.21. The topological polar surface area (TPSA) is 69.7 Å². The maximum atomic E-state index is 13.2. The van der Waals surface area contributed by atoms with E-state index in [4.69, 9.17) is 0 Å². The minimum Gasteiger partial charge on any atom is -0.343 e. The number of hydrogen-bond donors (Lipinski definition) is 1. The van der Waals surface area contributed by atoms with Crippen LogP contribution in [0.4, 0.5) is 4.39 Å². The first-order valence-electron chi connectivity index (χ1n) is 7.13. The molecule has 0 radical (unpaired) electrons. The van der Waals surface area contributed by atoms with Crippen molar-refractivity contribution < 1.29 is 18.8 Å². The third kappa shape index (κ3) is 2.43. The van der Waals surface area contributed by atoms with E-state index in [-0.39, 0.29) is 29.8 Å². The van der Waals surface area contributed by atoms with Gasteiger partial charge in [0, 0.05) is 18.7 Å². The average molecular weight is 305 g/mol. The zero-order valence-electron chi connectivity index (χ0n) is 12.1. The fraction of sp³-hybridized carbons (Fsp3) is 0.400. The van der Waals surface area contributed by atoms with Crippen molar-refractivity contribution in [2.24, 2.45) is 0 Å². The molecule has 0 bridgehead atoms. The van der Waals surface area contributed by atoms with E-state index in [9.17, 15) is 18.8 Å². The van der Waals surface area contributed by atoms with Crippen molar-refractivity contribution in [1.29, 1.82) is 0 Å². The number of nitrogens with one attached hydrogen (secondary N) is 1. The number of benzene rings is 1. The molecule has 1 aromatic rings. The summed E-state index contributed by atoms with van der Waals surface area (Å²) in [6.45, 7) is 2.40. The molecule has 2 aliphatic rings. The zero-order valence-corrected chi connectivity index (χ0v) is 12.1. The van der Waals surface area contributed by atoms with Crippen LogP contribution in [0.25, 0.3) is 0 Å². The molecular formula is C15H16FN3O3. The number of piperazine rings is 2. The minimum absolute atomic E-state index is 0.125. The van der Waals surface area contributed by atoms with E-state index >= 15 is 0 Å². The second kappa shape index (κ2) is 5.40. The van der Waals surface area contributed by atoms with Gasteiger partial charge in [0.25, 0.3) is 5.91 Å². The fourth-order valence-corrected chi connectivity index (χ4v) is 2.88. The first-order valence-corrected chi connectivity index (χ1v) is 7.13. The van der Waals surface area contributed by atoms with Crippen LogP contribution in [0.1, 0.15) is 17.3 Å². The Labute approximate surface area is 126 Å². The molecule has 2 fully saturated rings. The van der Waals surface area contributed by atoms with Crippen molar-refractivity contribution in [2.75, 3.05) is 19.6 Å². The molecule has 7 heteroatoms. The maximum absolute atomic E-state index is 13.2. The number of carbonyl (C=O) groups excluding carboxylic acids is 3. The van der Waals surface area contributed by atoms with Crippen LogP contribution in [0.15, 0.2) is 24.3 Å². The van der Waals surface area contributed by atoms with Crippen molar-refractivity contribution >= 4 is 17.7 Å². The van der Waals surface area contributed by atoms with Crippen LogP contribution in [-0.4, -0.2) is 59.2 Å². The molecule has 0 spiro atoms. The highest BCUT2D eigenvalue weighted by Gasteiger charge is 2.42. The van der Waals surface area contributed by atoms with Gasteiger partial charge in [-0.3, -0.25) is 14.4 Å². The predicted octanol–water partition coefficient (Wildman–Crippen LogP) is -0.00300. The summed E-state index contributed by atoms with van der Waals surface area (Å²) in [7, 11) is 0. The first kappa shape index (κ1) is 14.5. The van der Waals surface area contributed by atoms with Crippen molar-refractivity contribution in [3.63, 3.8) is 0 Å². The van der Waals surface area contributed by atoms with E-state index in [1.165, 1.54) is 34.1 Å². The van der Waals surface area contributed by atoms with Crippen molar-refractivity contribution in [3.05, 3.63) is 35.6 Å². The lowest BCUT2D eigenvalue weighted by Crippen LogP contribution is -2.69. The summed E-state index contributed by atoms with van der Waals surface area (Å²) >= 11 is 0. The van der Waals surface area contributed by atoms with Crippen LogP contribution in [0.3, 0.4) is 0 Å². The van der Waals surface area contributed by atoms with Gasteiger partial charge in [0.05, 0.1) is 6.54 Å². The van der Waals surface area contributed by atoms with Gasteiger partial charge in [-0.2, -0.15) is 0 Å². The van der Waals surface area contributed by atoms with Crippen LogP contribution < -0.4 is 5.32 Å². The summed E-state index contributed by atoms with van der Waals surface area (Å²) < 4.78 is 13.2. The van der Waals surface area contributed by atoms with Gasteiger partial charge in [0.15, 0.2) is 0 Å². The highest BCUT2D eigenvalue weighted by Crippen LogP contribution is 2.18. The average Bonchev–Trinajstić information content (AvgIpc) is 2.51. The Kier molecular flexibility index (Phi) is 3.56. The molecule has 2 atom stereocenters. The molecule has 2 saturated heterocycles. The van der Waals surface area contributed by atoms with Gasteiger partial charge < -0.3 is 15.1 Å². The predicted molar refractivity (Wildman–Crippen MR) is 75.4 cm³/mol. The number of fused-ring (bicyclic) bond motifs is 1. The molecule has 2 aliphatic heterocycles. The summed E-state index contributed by atoms with van der Waals surface area (Å²) in [5.41, 5.74) is 0.240. The Morgan fingerprint density at radius 1 is 1.32 bits per heavy atom. The fourth-order valence-electron chi connectivity index (χ4n) is 2.88. The van der Waals surface area contributed by atoms with Gasteiger partial charge in [-0.25, -0.2) is 4.39 Å². The Morgan fingerprint density at radius 3 is 2.82 bits per heavy atom. The van der Waals surface area contributed by atoms with Crippen LogP contribution in [0.2, 0.25) is 0 Å². The summed E-state index contributed by atoms with van der Waals surface area (Å²) in [4.78, 5) is 39.5. The van der Waals surface area contributed by atoms with Gasteiger partial charge in [-0.1, -0.05) is 6.07 Å². The molecule has 6 nitrogen and oxygen atoms in total. The zero-order chi connectivity index (χ0) is 15.9. The van der Waals surface area contributed by atoms with E-state index in [0.29, 0.717) is 13.1 Å². The van der Waals surface area contributed by atoms with Crippen molar-refractivity contribution in [1.82, 2.24) is 15.1 Å². The second-order valence-electron chi connectivity index (χ2n) is 5.54. The second-order valence-corrected chi connectivity index (χ2v) is 5.54. The number of hydrogen-bond acceptors (Lipinski definition) is 3. The third-order valence-electron chi connectivity index (χ3n) is 4.05. The minimum atomic E-state index is -0.671. The third-order valence-corrected chi connectivity index (χ3v) is 4.05. The van der Waals surface area contributed by atoms with E-state index in [1.807, 2.05) is 0 Å². The lowest BCUT2D eigenvalue weighted by molar-refractivity contribution is -0.151. The lowest BCUT2D eigenvalue weighted by Gasteiger charge is -2.44. The first-order chi connectivity index (χ1) is 10.5. The molecule has 0 aliphatic carbocycles. The quantitative estimate of drug-likeness (QED) is 0.794. The molecular weight excluding hydrogens is 289 g/mol. The van der Waals surface area contributed by atoms with Gasteiger partial charge in [-0.15, -0.1) is 0 Å². The van der Waals surface area contributed by atoms with Gasteiger partial charge >= 0.3 is 0 Å². The van der Waals surface area contributed by atoms with Crippen LogP contribution in [-0.2, 0) is 9.59 Å². The number of carbonyl (C=O) groups is 3. The van der Waals surface area contributed by atoms with Crippen LogP contribution in [0, 0.1) is 5.82 Å². The highest BCUT2D eigenvalue weighted by atomic mass is 19.1. The van der Waals surface area contributed by atoms with E-state index in [2.05, 4.69) is 5.32 Å². The monoisotopic (exact) mass is 305 g/mol. The van der Waals surface area contributed by atoms with Crippen LogP contribution >= 0.6 is 0 Å². The Bertz CT molecular complexity index is 649. The SMILES string of the molecule is C[C@@H]1NC(=O)[C@H]2CN(C(=O)c3cccc(F)c3)CCN2C1=O. The van der Waals surface area contributed by atoms with E-state index in [0.717, 1.165) is 0 Å². The largest absolute Gasteiger partial charge is 0.343 e. The highest BCUT2D eigenvalue weighted by molar-refractivity contribution is 5.99. The molecule has 116 valence electrons. The molecule has 0 saturated carbocycles. The molecule has 1 aromatic carbocycles. The molecule has 0 unspecified atom stereocenters. The number of amides is 3. The van der Waals surface area contributed by atoms with Gasteiger partial charge in [0.1, 0.15) is 17.9 Å². The van der Waals surface area contributed by atoms with E-state index < -0.39 is 17.9 Å². The van der Waals surface area contributed by atoms with E-state index in [1.54, 1.807) is 6.92 Å². The van der Waals surface area contributed by atoms with Gasteiger partial charge in [0.2, 0.25) is 11.8 Å². The molecule has 0 aromatic heterocycles. The smallest absolute Gasteiger partial charge is 0.254 e. The normalized spacial score (nSPS) is 24.8. The number of nitrogens with zero attached hydrogens (tertiary/aromatic N) is 2. The van der Waals surface area contributed by atoms with Gasteiger partial charge in [-0.05, 0) is 25.1 Å². The standard InChI is InChI=1S/C15H16FN3O3/c1-9-14(21)19-6-5-18(8-12(19)13(20)17-9)15(22)10-3-2-4-11(16)7-10/h2-4,7,9,12H,5-6,8H2,1H3,(H,17,20)/t9-,12+/m0/s1. The number of rotatable bonds is 1. The molecule has 3 amide bonds. The van der Waals surface area contributed by atoms with Crippen molar-refractivity contribution in [2.45, 2.75) is 19.0 Å². The summed E-state index contributed by atoms with van der Waals surface area (Å²) in [6, 6.07) is 4.24. The molecule has 2 heterocycles. The lowest BCUT2D eigenvalue weighted by atomic mass is 10.0. The maximum Gasteiger partial charge on any atom is 0.254 e. The number of halogens is 1.